The lowest BCUT2D eigenvalue weighted by molar-refractivity contribution is 0.344. The Morgan fingerprint density at radius 2 is 1.80 bits per heavy atom. The highest BCUT2D eigenvalue weighted by molar-refractivity contribution is 7.93. The van der Waals surface area contributed by atoms with E-state index in [0.717, 1.165) is 44.9 Å². The molecule has 4 heteroatoms. The predicted octanol–water partition coefficient (Wildman–Crippen LogP) is 1.59. The molecule has 86 valence electrons. The third kappa shape index (κ3) is 1.30. The van der Waals surface area contributed by atoms with Gasteiger partial charge in [-0.05, 0) is 44.9 Å². The summed E-state index contributed by atoms with van der Waals surface area (Å²) < 4.78 is 25.0. The molecule has 3 rings (SSSR count). The van der Waals surface area contributed by atoms with Crippen molar-refractivity contribution in [3.05, 3.63) is 0 Å². The molecule has 0 amide bonds. The Morgan fingerprint density at radius 3 is 2.47 bits per heavy atom. The van der Waals surface area contributed by atoms with Crippen molar-refractivity contribution >= 4 is 9.84 Å². The van der Waals surface area contributed by atoms with E-state index in [4.69, 9.17) is 0 Å². The molecule has 1 N–H and O–H groups in total. The summed E-state index contributed by atoms with van der Waals surface area (Å²) in [4.78, 5) is -0.513. The van der Waals surface area contributed by atoms with Crippen LogP contribution in [0.1, 0.15) is 51.4 Å². The molecule has 2 bridgehead atoms. The van der Waals surface area contributed by atoms with Crippen LogP contribution in [-0.4, -0.2) is 24.6 Å². The third-order valence-corrected chi connectivity index (χ3v) is 7.50. The van der Waals surface area contributed by atoms with E-state index in [1.165, 1.54) is 6.42 Å². The smallest absolute Gasteiger partial charge is 0.171 e. The molecule has 2 heterocycles. The van der Waals surface area contributed by atoms with Gasteiger partial charge in [0.05, 0.1) is 5.25 Å². The first-order chi connectivity index (χ1) is 7.14. The molecule has 1 aliphatic carbocycles. The molecule has 0 aromatic rings. The lowest BCUT2D eigenvalue weighted by Crippen LogP contribution is -2.56. The highest BCUT2D eigenvalue weighted by atomic mass is 32.2. The molecule has 3 nitrogen and oxygen atoms in total. The van der Waals surface area contributed by atoms with E-state index in [2.05, 4.69) is 5.32 Å². The summed E-state index contributed by atoms with van der Waals surface area (Å²) in [6, 6.07) is 0.480. The van der Waals surface area contributed by atoms with Crippen molar-refractivity contribution in [2.24, 2.45) is 0 Å². The molecule has 2 saturated heterocycles. The van der Waals surface area contributed by atoms with Crippen LogP contribution in [-0.2, 0) is 9.84 Å². The van der Waals surface area contributed by atoms with Crippen LogP contribution in [0.2, 0.25) is 0 Å². The minimum Gasteiger partial charge on any atom is -0.296 e. The molecule has 0 radical (unpaired) electrons. The Kier molecular flexibility index (Phi) is 2.15. The average Bonchev–Trinajstić information content (AvgIpc) is 2.40. The standard InChI is InChI=1S/C11H19NO2S/c13-15(14,10-4-1-5-10)11-7-2-3-9(12-11)6-8-11/h9-10,12H,1-8H2. The minimum absolute atomic E-state index is 0.0261. The highest BCUT2D eigenvalue weighted by Gasteiger charge is 2.54. The molecular formula is C11H19NO2S. The summed E-state index contributed by atoms with van der Waals surface area (Å²) in [7, 11) is -2.91. The van der Waals surface area contributed by atoms with E-state index in [-0.39, 0.29) is 5.25 Å². The molecule has 0 spiro atoms. The van der Waals surface area contributed by atoms with Gasteiger partial charge in [-0.1, -0.05) is 6.42 Å². The molecule has 3 fully saturated rings. The molecule has 15 heavy (non-hydrogen) atoms. The molecule has 1 saturated carbocycles. The first kappa shape index (κ1) is 10.1. The van der Waals surface area contributed by atoms with Crippen LogP contribution in [0.25, 0.3) is 0 Å². The van der Waals surface area contributed by atoms with Crippen LogP contribution in [0.15, 0.2) is 0 Å². The number of nitrogens with one attached hydrogen (secondary N) is 1. The van der Waals surface area contributed by atoms with Gasteiger partial charge < -0.3 is 0 Å². The Labute approximate surface area is 91.5 Å². The second kappa shape index (κ2) is 3.20. The molecule has 0 aromatic heterocycles. The maximum atomic E-state index is 12.5. The quantitative estimate of drug-likeness (QED) is 0.782. The first-order valence-corrected chi connectivity index (χ1v) is 7.70. The van der Waals surface area contributed by atoms with Crippen LogP contribution in [0.5, 0.6) is 0 Å². The van der Waals surface area contributed by atoms with Crippen LogP contribution < -0.4 is 5.32 Å². The molecule has 0 aromatic carbocycles. The van der Waals surface area contributed by atoms with E-state index in [0.29, 0.717) is 6.04 Å². The highest BCUT2D eigenvalue weighted by Crippen LogP contribution is 2.44. The molecular weight excluding hydrogens is 210 g/mol. The van der Waals surface area contributed by atoms with E-state index in [1.807, 2.05) is 0 Å². The summed E-state index contributed by atoms with van der Waals surface area (Å²) in [6.45, 7) is 0. The Balaban J connectivity index is 1.91. The van der Waals surface area contributed by atoms with Gasteiger partial charge in [0.15, 0.2) is 9.84 Å². The molecule has 3 aliphatic rings. The van der Waals surface area contributed by atoms with Crippen LogP contribution >= 0.6 is 0 Å². The van der Waals surface area contributed by atoms with Gasteiger partial charge in [-0.2, -0.15) is 0 Å². The van der Waals surface area contributed by atoms with Crippen molar-refractivity contribution in [2.45, 2.75) is 67.5 Å². The summed E-state index contributed by atoms with van der Waals surface area (Å²) in [5.74, 6) is 0. The SMILES string of the molecule is O=S(=O)(C1CCC1)C12CCCC(CC1)N2. The zero-order valence-corrected chi connectivity index (χ0v) is 9.85. The number of hydrogen-bond acceptors (Lipinski definition) is 3. The van der Waals surface area contributed by atoms with Crippen molar-refractivity contribution in [1.29, 1.82) is 0 Å². The fraction of sp³-hybridized carbons (Fsp3) is 1.00. The van der Waals surface area contributed by atoms with Gasteiger partial charge in [-0.15, -0.1) is 0 Å². The van der Waals surface area contributed by atoms with Gasteiger partial charge in [0, 0.05) is 6.04 Å². The second-order valence-corrected chi connectivity index (χ2v) is 7.90. The topological polar surface area (TPSA) is 46.2 Å². The lowest BCUT2D eigenvalue weighted by atomic mass is 10.00. The molecule has 2 unspecified atom stereocenters. The van der Waals surface area contributed by atoms with E-state index in [1.54, 1.807) is 0 Å². The van der Waals surface area contributed by atoms with Gasteiger partial charge in [0.1, 0.15) is 4.87 Å². The van der Waals surface area contributed by atoms with Crippen molar-refractivity contribution in [3.63, 3.8) is 0 Å². The summed E-state index contributed by atoms with van der Waals surface area (Å²) in [6.07, 6.45) is 7.92. The van der Waals surface area contributed by atoms with Crippen molar-refractivity contribution in [2.75, 3.05) is 0 Å². The zero-order valence-electron chi connectivity index (χ0n) is 9.04. The number of fused-ring (bicyclic) bond motifs is 2. The van der Waals surface area contributed by atoms with Crippen molar-refractivity contribution < 1.29 is 8.42 Å². The molecule has 2 atom stereocenters. The van der Waals surface area contributed by atoms with E-state index < -0.39 is 14.7 Å². The summed E-state index contributed by atoms with van der Waals surface area (Å²) in [5.41, 5.74) is 0. The summed E-state index contributed by atoms with van der Waals surface area (Å²) >= 11 is 0. The maximum Gasteiger partial charge on any atom is 0.171 e. The average molecular weight is 229 g/mol. The predicted molar refractivity (Wildman–Crippen MR) is 59.3 cm³/mol. The van der Waals surface area contributed by atoms with Gasteiger partial charge in [-0.3, -0.25) is 5.32 Å². The lowest BCUT2D eigenvalue weighted by Gasteiger charge is -2.39. The van der Waals surface area contributed by atoms with Crippen molar-refractivity contribution in [1.82, 2.24) is 5.32 Å². The van der Waals surface area contributed by atoms with Crippen LogP contribution in [0.4, 0.5) is 0 Å². The number of piperidine rings is 1. The number of rotatable bonds is 2. The van der Waals surface area contributed by atoms with Crippen molar-refractivity contribution in [3.8, 4) is 0 Å². The maximum absolute atomic E-state index is 12.5. The van der Waals surface area contributed by atoms with Gasteiger partial charge in [0.25, 0.3) is 0 Å². The van der Waals surface area contributed by atoms with Crippen LogP contribution in [0, 0.1) is 0 Å². The first-order valence-electron chi connectivity index (χ1n) is 6.15. The molecule has 2 aliphatic heterocycles. The second-order valence-electron chi connectivity index (χ2n) is 5.36. The minimum atomic E-state index is -2.91. The Bertz CT molecular complexity index is 357. The largest absolute Gasteiger partial charge is 0.296 e. The van der Waals surface area contributed by atoms with E-state index in [9.17, 15) is 8.42 Å². The van der Waals surface area contributed by atoms with E-state index >= 15 is 0 Å². The van der Waals surface area contributed by atoms with Crippen LogP contribution in [0.3, 0.4) is 0 Å². The van der Waals surface area contributed by atoms with Gasteiger partial charge in [0.2, 0.25) is 0 Å². The monoisotopic (exact) mass is 229 g/mol. The summed E-state index contributed by atoms with van der Waals surface area (Å²) in [5, 5.41) is 3.38. The fourth-order valence-electron chi connectivity index (χ4n) is 3.34. The number of sulfone groups is 1. The Hall–Kier alpha value is -0.0900. The zero-order chi connectivity index (χ0) is 10.5. The van der Waals surface area contributed by atoms with Gasteiger partial charge in [-0.25, -0.2) is 8.42 Å². The fourth-order valence-corrected chi connectivity index (χ4v) is 6.09. The Morgan fingerprint density at radius 1 is 1.00 bits per heavy atom. The van der Waals surface area contributed by atoms with Gasteiger partial charge >= 0.3 is 0 Å². The normalized spacial score (nSPS) is 41.5. The number of hydrogen-bond donors (Lipinski definition) is 1. The third-order valence-electron chi connectivity index (χ3n) is 4.53.